The molecule has 2 saturated heterocycles. The second-order valence-electron chi connectivity index (χ2n) is 5.10. The number of carbonyl (C=O) groups excluding carboxylic acids is 1. The van der Waals surface area contributed by atoms with Crippen molar-refractivity contribution in [3.8, 4) is 11.5 Å². The maximum absolute atomic E-state index is 12.3. The fraction of sp³-hybridized carbons (Fsp3) is 0.500. The third-order valence-electron chi connectivity index (χ3n) is 3.85. The van der Waals surface area contributed by atoms with Gasteiger partial charge in [-0.2, -0.15) is 0 Å². The first-order valence-corrected chi connectivity index (χ1v) is 6.69. The number of benzene rings is 1. The van der Waals surface area contributed by atoms with Crippen molar-refractivity contribution in [2.45, 2.75) is 18.6 Å². The number of ether oxygens (including phenoxy) is 2. The summed E-state index contributed by atoms with van der Waals surface area (Å²) >= 11 is 0. The Morgan fingerprint density at radius 3 is 2.35 bits per heavy atom. The van der Waals surface area contributed by atoms with Crippen LogP contribution in [0.3, 0.4) is 0 Å². The number of amides is 1. The van der Waals surface area contributed by atoms with Crippen molar-refractivity contribution in [3.63, 3.8) is 0 Å². The van der Waals surface area contributed by atoms with Gasteiger partial charge in [0.25, 0.3) is 5.91 Å². The van der Waals surface area contributed by atoms with E-state index in [2.05, 4.69) is 0 Å². The van der Waals surface area contributed by atoms with E-state index in [1.165, 1.54) is 18.2 Å². The van der Waals surface area contributed by atoms with Crippen LogP contribution in [0.25, 0.3) is 0 Å². The molecule has 2 N–H and O–H groups in total. The van der Waals surface area contributed by atoms with Gasteiger partial charge in [-0.15, -0.1) is 0 Å². The summed E-state index contributed by atoms with van der Waals surface area (Å²) in [5.74, 6) is -1.18. The highest BCUT2D eigenvalue weighted by Gasteiger charge is 2.40. The van der Waals surface area contributed by atoms with Crippen LogP contribution in [0.2, 0.25) is 0 Å². The van der Waals surface area contributed by atoms with Crippen LogP contribution in [0.4, 0.5) is 0 Å². The molecule has 20 heavy (non-hydrogen) atoms. The Balaban J connectivity index is 1.68. The predicted molar refractivity (Wildman–Crippen MR) is 69.5 cm³/mol. The molecule has 2 aliphatic heterocycles. The summed E-state index contributed by atoms with van der Waals surface area (Å²) in [6.45, 7) is 2.33. The largest absolute Gasteiger partial charge is 0.504 e. The Morgan fingerprint density at radius 1 is 1.10 bits per heavy atom. The Bertz CT molecular complexity index is 514. The second kappa shape index (κ2) is 4.96. The van der Waals surface area contributed by atoms with Crippen molar-refractivity contribution < 1.29 is 24.5 Å². The zero-order valence-electron chi connectivity index (χ0n) is 11.0. The van der Waals surface area contributed by atoms with Crippen molar-refractivity contribution in [2.75, 3.05) is 26.3 Å². The van der Waals surface area contributed by atoms with Gasteiger partial charge in [0.05, 0.1) is 13.2 Å². The van der Waals surface area contributed by atoms with Crippen molar-refractivity contribution >= 4 is 5.91 Å². The molecular formula is C14H17NO5. The molecule has 0 aromatic heterocycles. The zero-order chi connectivity index (χ0) is 14.2. The number of nitrogens with zero attached hydrogens (tertiary/aromatic N) is 1. The maximum atomic E-state index is 12.3. The molecule has 0 unspecified atom stereocenters. The molecule has 0 radical (unpaired) electrons. The molecule has 0 bridgehead atoms. The van der Waals surface area contributed by atoms with E-state index >= 15 is 0 Å². The number of piperidine rings is 1. The number of likely N-dealkylation sites (tertiary alicyclic amines) is 1. The summed E-state index contributed by atoms with van der Waals surface area (Å²) in [7, 11) is 0. The molecule has 1 aromatic carbocycles. The number of phenolic OH excluding ortho intramolecular Hbond substituents is 2. The minimum atomic E-state index is -0.506. The van der Waals surface area contributed by atoms with Crippen molar-refractivity contribution in [3.05, 3.63) is 23.8 Å². The van der Waals surface area contributed by atoms with E-state index < -0.39 is 5.79 Å². The molecule has 0 saturated carbocycles. The topological polar surface area (TPSA) is 79.2 Å². The van der Waals surface area contributed by atoms with Crippen molar-refractivity contribution in [1.29, 1.82) is 0 Å². The number of aromatic hydroxyl groups is 2. The summed E-state index contributed by atoms with van der Waals surface area (Å²) in [5.41, 5.74) is 0.365. The van der Waals surface area contributed by atoms with Crippen LogP contribution in [-0.2, 0) is 9.47 Å². The third kappa shape index (κ3) is 2.32. The minimum Gasteiger partial charge on any atom is -0.504 e. The van der Waals surface area contributed by atoms with Crippen LogP contribution < -0.4 is 0 Å². The highest BCUT2D eigenvalue weighted by Crippen LogP contribution is 2.32. The molecule has 1 amide bonds. The maximum Gasteiger partial charge on any atom is 0.253 e. The second-order valence-corrected chi connectivity index (χ2v) is 5.10. The SMILES string of the molecule is O=C(c1ccc(O)c(O)c1)N1CCC2(CC1)OCCO2. The Morgan fingerprint density at radius 2 is 1.75 bits per heavy atom. The lowest BCUT2D eigenvalue weighted by Gasteiger charge is -2.37. The third-order valence-corrected chi connectivity index (χ3v) is 3.85. The van der Waals surface area contributed by atoms with Gasteiger partial charge in [-0.05, 0) is 18.2 Å². The van der Waals surface area contributed by atoms with E-state index in [9.17, 15) is 15.0 Å². The molecule has 0 atom stereocenters. The number of phenols is 2. The first-order valence-electron chi connectivity index (χ1n) is 6.69. The number of rotatable bonds is 1. The highest BCUT2D eigenvalue weighted by molar-refractivity contribution is 5.95. The number of hydrogen-bond donors (Lipinski definition) is 2. The van der Waals surface area contributed by atoms with Gasteiger partial charge in [0.15, 0.2) is 17.3 Å². The average molecular weight is 279 g/mol. The summed E-state index contributed by atoms with van der Waals surface area (Å²) < 4.78 is 11.2. The van der Waals surface area contributed by atoms with E-state index in [-0.39, 0.29) is 17.4 Å². The summed E-state index contributed by atoms with van der Waals surface area (Å²) in [4.78, 5) is 14.0. The van der Waals surface area contributed by atoms with Gasteiger partial charge in [0.2, 0.25) is 0 Å². The van der Waals surface area contributed by atoms with Gasteiger partial charge in [-0.25, -0.2) is 0 Å². The van der Waals surface area contributed by atoms with Crippen LogP contribution in [0, 0.1) is 0 Å². The van der Waals surface area contributed by atoms with E-state index in [0.717, 1.165) is 0 Å². The van der Waals surface area contributed by atoms with Crippen LogP contribution in [0.5, 0.6) is 11.5 Å². The molecule has 2 fully saturated rings. The minimum absolute atomic E-state index is 0.159. The van der Waals surface area contributed by atoms with Gasteiger partial charge < -0.3 is 24.6 Å². The fourth-order valence-corrected chi connectivity index (χ4v) is 2.68. The molecule has 108 valence electrons. The standard InChI is InChI=1S/C14H17NO5/c16-11-2-1-10(9-12(11)17)13(18)15-5-3-14(4-6-15)19-7-8-20-14/h1-2,9,16-17H,3-8H2. The number of hydrogen-bond acceptors (Lipinski definition) is 5. The predicted octanol–water partition coefficient (Wildman–Crippen LogP) is 1.08. The van der Waals surface area contributed by atoms with Crippen molar-refractivity contribution in [2.24, 2.45) is 0 Å². The van der Waals surface area contributed by atoms with Gasteiger partial charge in [-0.3, -0.25) is 4.79 Å². The fourth-order valence-electron chi connectivity index (χ4n) is 2.68. The normalized spacial score (nSPS) is 21.3. The van der Waals surface area contributed by atoms with Crippen molar-refractivity contribution in [1.82, 2.24) is 4.90 Å². The highest BCUT2D eigenvalue weighted by atomic mass is 16.7. The summed E-state index contributed by atoms with van der Waals surface area (Å²) in [5, 5.41) is 18.7. The van der Waals surface area contributed by atoms with Crippen LogP contribution in [-0.4, -0.2) is 53.1 Å². The van der Waals surface area contributed by atoms with Crippen LogP contribution >= 0.6 is 0 Å². The molecule has 1 aromatic rings. The van der Waals surface area contributed by atoms with Gasteiger partial charge in [0, 0.05) is 31.5 Å². The Labute approximate surface area is 116 Å². The molecule has 1 spiro atoms. The molecule has 2 aliphatic rings. The molecular weight excluding hydrogens is 262 g/mol. The van der Waals surface area contributed by atoms with E-state index in [1.54, 1.807) is 4.90 Å². The lowest BCUT2D eigenvalue weighted by molar-refractivity contribution is -0.181. The summed E-state index contributed by atoms with van der Waals surface area (Å²) in [6, 6.07) is 4.10. The Kier molecular flexibility index (Phi) is 3.27. The lowest BCUT2D eigenvalue weighted by Crippen LogP contribution is -2.47. The average Bonchev–Trinajstić information content (AvgIpc) is 2.90. The van der Waals surface area contributed by atoms with Crippen LogP contribution in [0.1, 0.15) is 23.2 Å². The van der Waals surface area contributed by atoms with E-state index in [1.807, 2.05) is 0 Å². The smallest absolute Gasteiger partial charge is 0.253 e. The van der Waals surface area contributed by atoms with E-state index in [0.29, 0.717) is 44.7 Å². The molecule has 6 nitrogen and oxygen atoms in total. The van der Waals surface area contributed by atoms with Gasteiger partial charge >= 0.3 is 0 Å². The molecule has 6 heteroatoms. The number of carbonyl (C=O) groups is 1. The lowest BCUT2D eigenvalue weighted by atomic mass is 10.0. The van der Waals surface area contributed by atoms with Crippen LogP contribution in [0.15, 0.2) is 18.2 Å². The first-order chi connectivity index (χ1) is 9.60. The quantitative estimate of drug-likeness (QED) is 0.752. The first kappa shape index (κ1) is 13.2. The Hall–Kier alpha value is -1.79. The van der Waals surface area contributed by atoms with Gasteiger partial charge in [0.1, 0.15) is 0 Å². The van der Waals surface area contributed by atoms with Gasteiger partial charge in [-0.1, -0.05) is 0 Å². The molecule has 2 heterocycles. The van der Waals surface area contributed by atoms with E-state index in [4.69, 9.17) is 9.47 Å². The molecule has 3 rings (SSSR count). The summed E-state index contributed by atoms with van der Waals surface area (Å²) in [6.07, 6.45) is 1.31. The monoisotopic (exact) mass is 279 g/mol. The zero-order valence-corrected chi connectivity index (χ0v) is 11.0. The molecule has 0 aliphatic carbocycles.